The van der Waals surface area contributed by atoms with Crippen LogP contribution in [-0.2, 0) is 27.5 Å². The van der Waals surface area contributed by atoms with Crippen LogP contribution in [0, 0.1) is 0 Å². The molecular weight excluding hydrogens is 538 g/mol. The molecule has 1 amide bonds. The quantitative estimate of drug-likeness (QED) is 0.217. The molecule has 0 radical (unpaired) electrons. The molecule has 0 bridgehead atoms. The normalized spacial score (nSPS) is 15.1. The van der Waals surface area contributed by atoms with E-state index in [-0.39, 0.29) is 25.0 Å². The van der Waals surface area contributed by atoms with Crippen molar-refractivity contribution in [2.75, 3.05) is 44.9 Å². The number of amides is 1. The highest BCUT2D eigenvalue weighted by atomic mass is 16.5. The Balaban J connectivity index is 1.11. The molecule has 10 nitrogen and oxygen atoms in total. The Bertz CT molecular complexity index is 1500. The van der Waals surface area contributed by atoms with E-state index in [0.717, 1.165) is 40.1 Å². The van der Waals surface area contributed by atoms with Crippen LogP contribution in [-0.4, -0.2) is 67.6 Å². The smallest absolute Gasteiger partial charge is 0.323 e. The molecular formula is C32H35N3O7. The van der Waals surface area contributed by atoms with Crippen LogP contribution < -0.4 is 24.4 Å². The van der Waals surface area contributed by atoms with Gasteiger partial charge in [0.15, 0.2) is 0 Å². The molecule has 42 heavy (non-hydrogen) atoms. The van der Waals surface area contributed by atoms with E-state index < -0.39 is 5.97 Å². The van der Waals surface area contributed by atoms with Crippen LogP contribution in [0.5, 0.6) is 17.2 Å². The number of fused-ring (bicyclic) bond motifs is 1. The van der Waals surface area contributed by atoms with Gasteiger partial charge in [-0.25, -0.2) is 0 Å². The van der Waals surface area contributed by atoms with E-state index in [1.807, 2.05) is 72.8 Å². The van der Waals surface area contributed by atoms with E-state index >= 15 is 0 Å². The van der Waals surface area contributed by atoms with Crippen molar-refractivity contribution >= 4 is 28.5 Å². The zero-order valence-electron chi connectivity index (χ0n) is 23.5. The summed E-state index contributed by atoms with van der Waals surface area (Å²) in [4.78, 5) is 25.7. The van der Waals surface area contributed by atoms with Gasteiger partial charge in [-0.1, -0.05) is 18.2 Å². The molecule has 0 saturated carbocycles. The van der Waals surface area contributed by atoms with Crippen molar-refractivity contribution in [3.05, 3.63) is 84.6 Å². The Morgan fingerprint density at radius 3 is 2.62 bits per heavy atom. The van der Waals surface area contributed by atoms with E-state index in [0.29, 0.717) is 38.7 Å². The fraction of sp³-hybridized carbons (Fsp3) is 0.312. The summed E-state index contributed by atoms with van der Waals surface area (Å²) in [5, 5.41) is 13.2. The van der Waals surface area contributed by atoms with E-state index in [1.165, 1.54) is 0 Å². The number of piperazine rings is 1. The zero-order chi connectivity index (χ0) is 29.3. The van der Waals surface area contributed by atoms with Gasteiger partial charge in [0, 0.05) is 41.3 Å². The molecule has 2 heterocycles. The average Bonchev–Trinajstić information content (AvgIpc) is 3.39. The number of carbonyl (C=O) groups is 2. The number of hydrogen-bond donors (Lipinski definition) is 2. The van der Waals surface area contributed by atoms with Crippen LogP contribution in [0.15, 0.2) is 79.0 Å². The highest BCUT2D eigenvalue weighted by Gasteiger charge is 2.30. The number of hydrogen-bond acceptors (Lipinski definition) is 7. The molecule has 1 saturated heterocycles. The molecule has 4 aromatic rings. The molecule has 0 unspecified atom stereocenters. The topological polar surface area (TPSA) is 111 Å². The Morgan fingerprint density at radius 2 is 1.81 bits per heavy atom. The molecule has 0 aliphatic carbocycles. The number of carboxylic acid groups (broad SMARTS) is 1. The number of ether oxygens (including phenoxy) is 4. The summed E-state index contributed by atoms with van der Waals surface area (Å²) in [7, 11) is 1.65. The first kappa shape index (κ1) is 29.0. The van der Waals surface area contributed by atoms with Crippen LogP contribution >= 0.6 is 0 Å². The van der Waals surface area contributed by atoms with Gasteiger partial charge in [0.25, 0.3) is 0 Å². The van der Waals surface area contributed by atoms with Gasteiger partial charge in [-0.3, -0.25) is 9.59 Å². The molecule has 10 heteroatoms. The lowest BCUT2D eigenvalue weighted by molar-refractivity contribution is -0.137. The summed E-state index contributed by atoms with van der Waals surface area (Å²) in [6.07, 6.45) is 2.49. The Labute approximate surface area is 244 Å². The second-order valence-electron chi connectivity index (χ2n) is 9.98. The van der Waals surface area contributed by atoms with Crippen molar-refractivity contribution in [1.82, 2.24) is 9.88 Å². The van der Waals surface area contributed by atoms with Crippen LogP contribution in [0.2, 0.25) is 0 Å². The number of anilines is 1. The third-order valence-electron chi connectivity index (χ3n) is 7.05. The van der Waals surface area contributed by atoms with Crippen molar-refractivity contribution in [3.8, 4) is 17.2 Å². The lowest BCUT2D eigenvalue weighted by Gasteiger charge is -2.36. The SMILES string of the molecule is COc1ccccc1COCCCOc1ccc(N2C(=O)CNC[C@@H]2COc2ccc3c(ccn3CC(=O)O)c2)cc1. The highest BCUT2D eigenvalue weighted by molar-refractivity contribution is 5.96. The van der Waals surface area contributed by atoms with Crippen molar-refractivity contribution in [2.45, 2.75) is 25.6 Å². The monoisotopic (exact) mass is 573 g/mol. The van der Waals surface area contributed by atoms with Crippen molar-refractivity contribution in [1.29, 1.82) is 0 Å². The fourth-order valence-electron chi connectivity index (χ4n) is 5.02. The fourth-order valence-corrected chi connectivity index (χ4v) is 5.02. The molecule has 220 valence electrons. The number of para-hydroxylation sites is 1. The maximum Gasteiger partial charge on any atom is 0.323 e. The maximum absolute atomic E-state index is 12.9. The number of rotatable bonds is 14. The van der Waals surface area contributed by atoms with Crippen LogP contribution in [0.25, 0.3) is 10.9 Å². The number of nitrogens with one attached hydrogen (secondary N) is 1. The standard InChI is InChI=1S/C32H35N3O7/c1-39-30-6-3-2-5-24(30)21-40-15-4-16-41-27-9-7-25(8-10-27)35-26(18-33-19-31(35)36)22-42-28-11-12-29-23(17-28)13-14-34(29)20-32(37)38/h2-3,5-14,17,26,33H,4,15-16,18-22H2,1H3,(H,37,38)/t26-/m1/s1. The average molecular weight is 574 g/mol. The van der Waals surface area contributed by atoms with Crippen molar-refractivity contribution < 1.29 is 33.6 Å². The van der Waals surface area contributed by atoms with E-state index in [2.05, 4.69) is 5.32 Å². The third-order valence-corrected chi connectivity index (χ3v) is 7.05. The molecule has 0 spiro atoms. The third kappa shape index (κ3) is 7.20. The maximum atomic E-state index is 12.9. The minimum Gasteiger partial charge on any atom is -0.496 e. The predicted octanol–water partition coefficient (Wildman–Crippen LogP) is 4.10. The first-order valence-electron chi connectivity index (χ1n) is 13.9. The van der Waals surface area contributed by atoms with Gasteiger partial charge < -0.3 is 38.8 Å². The summed E-state index contributed by atoms with van der Waals surface area (Å²) in [6, 6.07) is 22.5. The number of carboxylic acids is 1. The Kier molecular flexibility index (Phi) is 9.58. The number of aliphatic carboxylic acids is 1. The molecule has 1 aliphatic rings. The van der Waals surface area contributed by atoms with Gasteiger partial charge in [0.2, 0.25) is 5.91 Å². The molecule has 2 N–H and O–H groups in total. The molecule has 3 aromatic carbocycles. The lowest BCUT2D eigenvalue weighted by atomic mass is 10.1. The largest absolute Gasteiger partial charge is 0.496 e. The summed E-state index contributed by atoms with van der Waals surface area (Å²) in [5.74, 6) is 1.27. The molecule has 1 fully saturated rings. The number of methoxy groups -OCH3 is 1. The molecule has 1 atom stereocenters. The molecule has 1 aliphatic heterocycles. The van der Waals surface area contributed by atoms with Gasteiger partial charge in [0.1, 0.15) is 30.4 Å². The first-order chi connectivity index (χ1) is 20.5. The minimum atomic E-state index is -0.896. The number of nitrogens with zero attached hydrogens (tertiary/aromatic N) is 2. The van der Waals surface area contributed by atoms with Crippen LogP contribution in [0.3, 0.4) is 0 Å². The summed E-state index contributed by atoms with van der Waals surface area (Å²) in [5.41, 5.74) is 2.61. The molecule has 1 aromatic heterocycles. The van der Waals surface area contributed by atoms with Crippen molar-refractivity contribution in [2.24, 2.45) is 0 Å². The number of benzene rings is 3. The van der Waals surface area contributed by atoms with Crippen LogP contribution in [0.4, 0.5) is 5.69 Å². The van der Waals surface area contributed by atoms with Crippen molar-refractivity contribution in [3.63, 3.8) is 0 Å². The zero-order valence-corrected chi connectivity index (χ0v) is 23.5. The van der Waals surface area contributed by atoms with Gasteiger partial charge in [-0.2, -0.15) is 0 Å². The second-order valence-corrected chi connectivity index (χ2v) is 9.98. The second kappa shape index (κ2) is 13.9. The van der Waals surface area contributed by atoms with E-state index in [4.69, 9.17) is 24.1 Å². The van der Waals surface area contributed by atoms with Gasteiger partial charge in [-0.15, -0.1) is 0 Å². The van der Waals surface area contributed by atoms with Gasteiger partial charge >= 0.3 is 5.97 Å². The Hall–Kier alpha value is -4.54. The lowest BCUT2D eigenvalue weighted by Crippen LogP contribution is -2.57. The summed E-state index contributed by atoms with van der Waals surface area (Å²) >= 11 is 0. The number of aromatic nitrogens is 1. The minimum absolute atomic E-state index is 0.0306. The number of carbonyl (C=O) groups excluding carboxylic acids is 1. The van der Waals surface area contributed by atoms with E-state index in [9.17, 15) is 9.59 Å². The van der Waals surface area contributed by atoms with Gasteiger partial charge in [-0.05, 0) is 54.6 Å². The van der Waals surface area contributed by atoms with Gasteiger partial charge in [0.05, 0.1) is 39.5 Å². The van der Waals surface area contributed by atoms with Crippen LogP contribution in [0.1, 0.15) is 12.0 Å². The Morgan fingerprint density at radius 1 is 1.00 bits per heavy atom. The van der Waals surface area contributed by atoms with E-state index in [1.54, 1.807) is 22.8 Å². The first-order valence-corrected chi connectivity index (χ1v) is 13.9. The predicted molar refractivity (Wildman–Crippen MR) is 158 cm³/mol. The summed E-state index contributed by atoms with van der Waals surface area (Å²) in [6.45, 7) is 2.61. The highest BCUT2D eigenvalue weighted by Crippen LogP contribution is 2.26. The molecule has 5 rings (SSSR count). The summed E-state index contributed by atoms with van der Waals surface area (Å²) < 4.78 is 24.8.